The van der Waals surface area contributed by atoms with Gasteiger partial charge in [-0.15, -0.1) is 0 Å². The normalized spacial score (nSPS) is 12.6. The molecule has 0 unspecified atom stereocenters. The largest absolute Gasteiger partial charge is 0.309 e. The fourth-order valence-electron chi connectivity index (χ4n) is 21.4. The van der Waals surface area contributed by atoms with Gasteiger partial charge in [0.2, 0.25) is 0 Å². The van der Waals surface area contributed by atoms with Gasteiger partial charge in [-0.25, -0.2) is 0 Å². The van der Waals surface area contributed by atoms with E-state index >= 15 is 0 Å². The van der Waals surface area contributed by atoms with Crippen LogP contribution >= 0.6 is 0 Å². The number of fused-ring (bicyclic) bond motifs is 23. The lowest BCUT2D eigenvalue weighted by Gasteiger charge is -2.33. The fourth-order valence-corrected chi connectivity index (χ4v) is 21.4. The molecular weight excluding hydrogens is 1500 g/mol. The Morgan fingerprint density at radius 3 is 0.895 bits per heavy atom. The quantitative estimate of drug-likeness (QED) is 0.138. The summed E-state index contributed by atoms with van der Waals surface area (Å²) in [6, 6.07) is 168. The van der Waals surface area contributed by atoms with Crippen LogP contribution in [0.15, 0.2) is 455 Å². The molecule has 0 N–H and O–H groups in total. The molecule has 0 aliphatic heterocycles. The van der Waals surface area contributed by atoms with E-state index in [-0.39, 0.29) is 0 Å². The molecule has 124 heavy (non-hydrogen) atoms. The van der Waals surface area contributed by atoms with Gasteiger partial charge in [0, 0.05) is 87.9 Å². The van der Waals surface area contributed by atoms with Crippen LogP contribution in [0.25, 0.3) is 214 Å². The maximum Gasteiger partial charge on any atom is 0.0714 e. The van der Waals surface area contributed by atoms with E-state index in [1.54, 1.807) is 0 Å². The van der Waals surface area contributed by atoms with Gasteiger partial charge in [0.1, 0.15) is 0 Å². The monoisotopic (exact) mass is 1570 g/mol. The molecule has 0 saturated heterocycles. The molecule has 26 aromatic rings. The summed E-state index contributed by atoms with van der Waals surface area (Å²) in [4.78, 5) is 0. The lowest BCUT2D eigenvalue weighted by molar-refractivity contribution is 0.769. The Morgan fingerprint density at radius 2 is 0.460 bits per heavy atom. The molecule has 0 atom stereocenters. The highest BCUT2D eigenvalue weighted by Gasteiger charge is 2.47. The van der Waals surface area contributed by atoms with E-state index in [1.807, 2.05) is 0 Å². The van der Waals surface area contributed by atoms with Crippen molar-refractivity contribution in [2.24, 2.45) is 0 Å². The zero-order chi connectivity index (χ0) is 81.2. The number of aromatic nitrogens is 5. The van der Waals surface area contributed by atoms with Crippen molar-refractivity contribution < 1.29 is 0 Å². The summed E-state index contributed by atoms with van der Waals surface area (Å²) in [6.07, 6.45) is 0. The molecule has 21 aromatic carbocycles. The first-order valence-electron chi connectivity index (χ1n) is 42.9. The van der Waals surface area contributed by atoms with E-state index in [1.165, 1.54) is 219 Å². The van der Waals surface area contributed by atoms with Gasteiger partial charge >= 0.3 is 0 Å². The van der Waals surface area contributed by atoms with Crippen molar-refractivity contribution in [2.45, 2.75) is 5.41 Å². The minimum absolute atomic E-state index is 0.500. The molecule has 1 aliphatic carbocycles. The molecular formula is C119H75N5. The van der Waals surface area contributed by atoms with Gasteiger partial charge in [-0.2, -0.15) is 0 Å². The van der Waals surface area contributed by atoms with Crippen molar-refractivity contribution in [2.75, 3.05) is 0 Å². The highest BCUT2D eigenvalue weighted by molar-refractivity contribution is 6.22. The van der Waals surface area contributed by atoms with E-state index in [9.17, 15) is 0 Å². The Bertz CT molecular complexity index is 8900. The van der Waals surface area contributed by atoms with Crippen molar-refractivity contribution >= 4 is 152 Å². The molecule has 5 nitrogen and oxygen atoms in total. The molecule has 5 heteroatoms. The summed E-state index contributed by atoms with van der Waals surface area (Å²) in [5, 5.41) is 22.4. The number of nitrogens with zero attached hydrogens (tertiary/aromatic N) is 5. The lowest BCUT2D eigenvalue weighted by atomic mass is 9.67. The fraction of sp³-hybridized carbons (Fsp3) is 0.00840. The van der Waals surface area contributed by atoms with Gasteiger partial charge in [-0.1, -0.05) is 315 Å². The van der Waals surface area contributed by atoms with Gasteiger partial charge in [-0.05, 0) is 233 Å². The first-order chi connectivity index (χ1) is 61.5. The van der Waals surface area contributed by atoms with Crippen molar-refractivity contribution in [3.8, 4) is 61.8 Å². The molecule has 576 valence electrons. The first-order valence-corrected chi connectivity index (χ1v) is 42.9. The van der Waals surface area contributed by atoms with Crippen LogP contribution in [0.3, 0.4) is 0 Å². The van der Waals surface area contributed by atoms with Gasteiger partial charge in [0.25, 0.3) is 0 Å². The maximum absolute atomic E-state index is 2.54. The highest BCUT2D eigenvalue weighted by Crippen LogP contribution is 2.59. The van der Waals surface area contributed by atoms with Crippen molar-refractivity contribution in [1.29, 1.82) is 0 Å². The third kappa shape index (κ3) is 10.5. The Balaban J connectivity index is 0.000000133. The van der Waals surface area contributed by atoms with E-state index in [2.05, 4.69) is 478 Å². The van der Waals surface area contributed by atoms with E-state index < -0.39 is 5.41 Å². The molecule has 5 heterocycles. The average Bonchev–Trinajstić information content (AvgIpc) is 1.51. The Kier molecular flexibility index (Phi) is 15.3. The van der Waals surface area contributed by atoms with Crippen LogP contribution in [0.5, 0.6) is 0 Å². The van der Waals surface area contributed by atoms with Crippen LogP contribution in [-0.4, -0.2) is 22.8 Å². The molecule has 0 spiro atoms. The minimum atomic E-state index is -0.500. The standard InChI is InChI=1S/C63H40N2.C56H35N3/c1-3-19-47(20-4-1)63(48-21-5-2-6-22-48)56-25-13-11-24-53(56)61-57(63)34-33-52-55-40-46(30-36-60(55)65(62(52)61)50-32-28-42-16-8-10-18-44(42)38-50)45-29-35-59-54(39-45)51-23-12-14-26-58(51)64(59)49-31-27-41-15-7-9-17-43(41)37-49;1-2-16-42(17-3-1)57-51-20-10-9-19-46(51)49-34-50-48-33-41(25-29-54(48)59(56(50)35-55(49)57)44-27-23-37-13-5-7-15-39(37)31-44)40-24-28-53-47(32-40)45-18-8-11-21-52(45)58(53)43-26-22-36-12-4-6-14-38(36)30-43/h1-40H;1-35H. The smallest absolute Gasteiger partial charge is 0.0714 e. The zero-order valence-corrected chi connectivity index (χ0v) is 67.5. The Hall–Kier alpha value is -16.3. The number of benzene rings is 21. The van der Waals surface area contributed by atoms with E-state index in [0.29, 0.717) is 0 Å². The second kappa shape index (κ2) is 27.3. The molecule has 0 fully saturated rings. The van der Waals surface area contributed by atoms with Crippen LogP contribution in [-0.2, 0) is 5.41 Å². The van der Waals surface area contributed by atoms with Crippen molar-refractivity contribution in [1.82, 2.24) is 22.8 Å². The summed E-state index contributed by atoms with van der Waals surface area (Å²) in [5.74, 6) is 0. The summed E-state index contributed by atoms with van der Waals surface area (Å²) in [7, 11) is 0. The van der Waals surface area contributed by atoms with Gasteiger partial charge < -0.3 is 22.8 Å². The van der Waals surface area contributed by atoms with E-state index in [0.717, 1.165) is 17.1 Å². The maximum atomic E-state index is 2.54. The molecule has 0 bridgehead atoms. The summed E-state index contributed by atoms with van der Waals surface area (Å²) >= 11 is 0. The van der Waals surface area contributed by atoms with Gasteiger partial charge in [0.05, 0.1) is 60.6 Å². The second-order valence-electron chi connectivity index (χ2n) is 33.4. The average molecular weight is 1570 g/mol. The van der Waals surface area contributed by atoms with Crippen LogP contribution in [0.4, 0.5) is 0 Å². The molecule has 27 rings (SSSR count). The predicted octanol–water partition coefficient (Wildman–Crippen LogP) is 31.2. The van der Waals surface area contributed by atoms with Crippen LogP contribution in [0.1, 0.15) is 22.3 Å². The number of hydrogen-bond acceptors (Lipinski definition) is 0. The van der Waals surface area contributed by atoms with Crippen LogP contribution in [0.2, 0.25) is 0 Å². The van der Waals surface area contributed by atoms with Gasteiger partial charge in [0.15, 0.2) is 0 Å². The first kappa shape index (κ1) is 69.6. The van der Waals surface area contributed by atoms with Crippen LogP contribution < -0.4 is 0 Å². The molecule has 0 radical (unpaired) electrons. The summed E-state index contributed by atoms with van der Waals surface area (Å²) in [6.45, 7) is 0. The van der Waals surface area contributed by atoms with Crippen molar-refractivity contribution in [3.05, 3.63) is 477 Å². The number of para-hydroxylation sites is 4. The van der Waals surface area contributed by atoms with E-state index in [4.69, 9.17) is 0 Å². The lowest BCUT2D eigenvalue weighted by Crippen LogP contribution is -2.28. The topological polar surface area (TPSA) is 24.6 Å². The summed E-state index contributed by atoms with van der Waals surface area (Å²) in [5.41, 5.74) is 29.9. The molecule has 1 aliphatic rings. The van der Waals surface area contributed by atoms with Crippen LogP contribution in [0, 0.1) is 0 Å². The Morgan fingerprint density at radius 1 is 0.153 bits per heavy atom. The van der Waals surface area contributed by atoms with Crippen molar-refractivity contribution in [3.63, 3.8) is 0 Å². The van der Waals surface area contributed by atoms with Gasteiger partial charge in [-0.3, -0.25) is 0 Å². The number of rotatable bonds is 9. The highest BCUT2D eigenvalue weighted by atomic mass is 15.0. The summed E-state index contributed by atoms with van der Waals surface area (Å²) < 4.78 is 12.3. The third-order valence-electron chi connectivity index (χ3n) is 26.9. The second-order valence-corrected chi connectivity index (χ2v) is 33.4. The minimum Gasteiger partial charge on any atom is -0.309 e. The third-order valence-corrected chi connectivity index (χ3v) is 26.9. The zero-order valence-electron chi connectivity index (χ0n) is 67.5. The Labute approximate surface area is 714 Å². The molecule has 0 saturated carbocycles. The predicted molar refractivity (Wildman–Crippen MR) is 523 cm³/mol. The SMILES string of the molecule is c1ccc(-n2c3ccccc3c3cc4c5cc(-c6ccc7c(c6)c6ccccc6n7-c6ccc7ccccc7c6)ccc5n(-c5ccc6ccccc6c5)c4cc32)cc1.c1ccc(C2(c3ccccc3)c3ccccc3-c3c2ccc2c4cc(-c5ccc6c(c5)c5ccccc5n6-c5ccc6ccccc6c5)ccc4n(-c4ccc5ccccc5c4)c32)cc1. The molecule has 5 aromatic heterocycles. The number of hydrogen-bond donors (Lipinski definition) is 0. The molecule has 0 amide bonds.